The largest absolute Gasteiger partial charge is 0.489 e. The minimum Gasteiger partial charge on any atom is -0.489 e. The molecule has 1 unspecified atom stereocenters. The van der Waals surface area contributed by atoms with Crippen LogP contribution < -0.4 is 20.7 Å². The van der Waals surface area contributed by atoms with E-state index < -0.39 is 0 Å². The van der Waals surface area contributed by atoms with Gasteiger partial charge in [-0.1, -0.05) is 29.8 Å². The summed E-state index contributed by atoms with van der Waals surface area (Å²) in [7, 11) is 0. The van der Waals surface area contributed by atoms with Crippen LogP contribution in [0.25, 0.3) is 0 Å². The molecule has 7 heteroatoms. The molecule has 1 heterocycles. The lowest BCUT2D eigenvalue weighted by atomic mass is 10.1. The first kappa shape index (κ1) is 23.3. The zero-order valence-corrected chi connectivity index (χ0v) is 19.2. The maximum atomic E-state index is 12.4. The van der Waals surface area contributed by atoms with Crippen LogP contribution in [0.15, 0.2) is 72.8 Å². The lowest BCUT2D eigenvalue weighted by Crippen LogP contribution is -2.22. The fourth-order valence-electron chi connectivity index (χ4n) is 3.70. The van der Waals surface area contributed by atoms with Crippen molar-refractivity contribution < 1.29 is 19.1 Å². The van der Waals surface area contributed by atoms with Crippen molar-refractivity contribution in [1.82, 2.24) is 0 Å². The van der Waals surface area contributed by atoms with Gasteiger partial charge in [-0.2, -0.15) is 0 Å². The van der Waals surface area contributed by atoms with Crippen molar-refractivity contribution in [2.75, 3.05) is 35.7 Å². The highest BCUT2D eigenvalue weighted by Crippen LogP contribution is 2.25. The minimum atomic E-state index is -0.189. The second kappa shape index (κ2) is 11.3. The molecule has 1 saturated heterocycles. The number of amides is 2. The Morgan fingerprint density at radius 3 is 2.47 bits per heavy atom. The Balaban J connectivity index is 1.26. The first-order chi connectivity index (χ1) is 16.6. The molecule has 2 amide bonds. The second-order valence-corrected chi connectivity index (χ2v) is 8.24. The monoisotopic (exact) mass is 459 g/mol. The third-order valence-corrected chi connectivity index (χ3v) is 5.48. The molecule has 0 spiro atoms. The zero-order chi connectivity index (χ0) is 23.8. The SMILES string of the molecule is Cc1cccc(C(=O)Nc2ccc(NC(=O)CNc3ccccc3OCC3CCCO3)cc2)c1. The number of aryl methyl sites for hydroxylation is 1. The van der Waals surface area contributed by atoms with E-state index in [2.05, 4.69) is 16.0 Å². The summed E-state index contributed by atoms with van der Waals surface area (Å²) in [5.74, 6) is 0.329. The van der Waals surface area contributed by atoms with Crippen LogP contribution >= 0.6 is 0 Å². The average Bonchev–Trinajstić information content (AvgIpc) is 3.37. The summed E-state index contributed by atoms with van der Waals surface area (Å²) in [6, 6.07) is 22.0. The molecule has 3 aromatic carbocycles. The van der Waals surface area contributed by atoms with Crippen LogP contribution in [0.1, 0.15) is 28.8 Å². The summed E-state index contributed by atoms with van der Waals surface area (Å²) in [6.07, 6.45) is 2.20. The van der Waals surface area contributed by atoms with Gasteiger partial charge in [0.1, 0.15) is 12.4 Å². The summed E-state index contributed by atoms with van der Waals surface area (Å²) >= 11 is 0. The van der Waals surface area contributed by atoms with Gasteiger partial charge in [0.15, 0.2) is 0 Å². The molecular weight excluding hydrogens is 430 g/mol. The predicted molar refractivity (Wildman–Crippen MR) is 134 cm³/mol. The molecule has 176 valence electrons. The van der Waals surface area contributed by atoms with E-state index in [1.165, 1.54) is 0 Å². The van der Waals surface area contributed by atoms with Crippen LogP contribution in [-0.4, -0.2) is 37.7 Å². The molecule has 0 aliphatic carbocycles. The quantitative estimate of drug-likeness (QED) is 0.425. The number of carbonyl (C=O) groups is 2. The Bertz CT molecular complexity index is 1120. The lowest BCUT2D eigenvalue weighted by molar-refractivity contribution is -0.114. The Hall–Kier alpha value is -3.84. The molecule has 0 aromatic heterocycles. The average molecular weight is 460 g/mol. The van der Waals surface area contributed by atoms with Gasteiger partial charge in [0, 0.05) is 23.5 Å². The lowest BCUT2D eigenvalue weighted by Gasteiger charge is -2.15. The van der Waals surface area contributed by atoms with Crippen LogP contribution in [0.5, 0.6) is 5.75 Å². The third-order valence-electron chi connectivity index (χ3n) is 5.48. The van der Waals surface area contributed by atoms with Gasteiger partial charge in [-0.05, 0) is 68.3 Å². The van der Waals surface area contributed by atoms with E-state index in [0.717, 1.165) is 30.7 Å². The van der Waals surface area contributed by atoms with Gasteiger partial charge in [-0.25, -0.2) is 0 Å². The first-order valence-corrected chi connectivity index (χ1v) is 11.4. The standard InChI is InChI=1S/C27H29N3O4/c1-19-6-4-7-20(16-19)27(32)30-22-13-11-21(12-14-22)29-26(31)17-28-24-9-2-3-10-25(24)34-18-23-8-5-15-33-23/h2-4,6-7,9-14,16,23,28H,5,8,15,17-18H2,1H3,(H,29,31)(H,30,32). The molecule has 3 aromatic rings. The molecule has 0 bridgehead atoms. The molecule has 1 fully saturated rings. The summed E-state index contributed by atoms with van der Waals surface area (Å²) in [6.45, 7) is 3.32. The van der Waals surface area contributed by atoms with E-state index in [-0.39, 0.29) is 24.5 Å². The van der Waals surface area contributed by atoms with E-state index >= 15 is 0 Å². The van der Waals surface area contributed by atoms with Crippen molar-refractivity contribution in [3.05, 3.63) is 83.9 Å². The Labute approximate surface area is 199 Å². The molecule has 0 saturated carbocycles. The van der Waals surface area contributed by atoms with E-state index in [1.807, 2.05) is 49.4 Å². The van der Waals surface area contributed by atoms with Gasteiger partial charge in [-0.3, -0.25) is 9.59 Å². The molecule has 3 N–H and O–H groups in total. The normalized spacial score (nSPS) is 14.9. The van der Waals surface area contributed by atoms with Crippen molar-refractivity contribution in [2.45, 2.75) is 25.9 Å². The maximum Gasteiger partial charge on any atom is 0.255 e. The molecule has 1 aliphatic heterocycles. The van der Waals surface area contributed by atoms with Crippen LogP contribution in [0.3, 0.4) is 0 Å². The number of benzene rings is 3. The number of hydrogen-bond donors (Lipinski definition) is 3. The molecule has 7 nitrogen and oxygen atoms in total. The number of hydrogen-bond acceptors (Lipinski definition) is 5. The van der Waals surface area contributed by atoms with E-state index in [1.54, 1.807) is 30.3 Å². The van der Waals surface area contributed by atoms with Gasteiger partial charge in [0.2, 0.25) is 5.91 Å². The van der Waals surface area contributed by atoms with Gasteiger partial charge in [0.05, 0.1) is 18.3 Å². The van der Waals surface area contributed by atoms with Gasteiger partial charge in [0.25, 0.3) is 5.91 Å². The molecule has 34 heavy (non-hydrogen) atoms. The number of nitrogens with one attached hydrogen (secondary N) is 3. The predicted octanol–water partition coefficient (Wildman–Crippen LogP) is 4.86. The number of para-hydroxylation sites is 2. The van der Waals surface area contributed by atoms with Crippen LogP contribution in [0, 0.1) is 6.92 Å². The number of rotatable bonds is 9. The highest BCUT2D eigenvalue weighted by atomic mass is 16.5. The Morgan fingerprint density at radius 2 is 1.74 bits per heavy atom. The number of carbonyl (C=O) groups excluding carboxylic acids is 2. The molecule has 4 rings (SSSR count). The molecule has 1 atom stereocenters. The van der Waals surface area contributed by atoms with Crippen molar-refractivity contribution >= 4 is 28.9 Å². The fourth-order valence-corrected chi connectivity index (χ4v) is 3.70. The first-order valence-electron chi connectivity index (χ1n) is 11.4. The molecule has 0 radical (unpaired) electrons. The van der Waals surface area contributed by atoms with E-state index in [9.17, 15) is 9.59 Å². The summed E-state index contributed by atoms with van der Waals surface area (Å²) < 4.78 is 11.5. The van der Waals surface area contributed by atoms with Crippen molar-refractivity contribution in [2.24, 2.45) is 0 Å². The summed E-state index contributed by atoms with van der Waals surface area (Å²) in [5.41, 5.74) is 3.67. The van der Waals surface area contributed by atoms with Gasteiger partial charge < -0.3 is 25.4 Å². The summed E-state index contributed by atoms with van der Waals surface area (Å²) in [5, 5.41) is 8.85. The highest BCUT2D eigenvalue weighted by Gasteiger charge is 2.17. The highest BCUT2D eigenvalue weighted by molar-refractivity contribution is 6.04. The fraction of sp³-hybridized carbons (Fsp3) is 0.259. The van der Waals surface area contributed by atoms with Crippen molar-refractivity contribution in [1.29, 1.82) is 0 Å². The number of ether oxygens (including phenoxy) is 2. The summed E-state index contributed by atoms with van der Waals surface area (Å²) in [4.78, 5) is 24.8. The van der Waals surface area contributed by atoms with Gasteiger partial charge in [-0.15, -0.1) is 0 Å². The van der Waals surface area contributed by atoms with Gasteiger partial charge >= 0.3 is 0 Å². The Kier molecular flexibility index (Phi) is 7.78. The van der Waals surface area contributed by atoms with E-state index in [0.29, 0.717) is 29.3 Å². The Morgan fingerprint density at radius 1 is 0.971 bits per heavy atom. The van der Waals surface area contributed by atoms with Crippen LogP contribution in [0.4, 0.5) is 17.1 Å². The number of anilines is 3. The van der Waals surface area contributed by atoms with Crippen molar-refractivity contribution in [3.63, 3.8) is 0 Å². The minimum absolute atomic E-state index is 0.0894. The third kappa shape index (κ3) is 6.59. The van der Waals surface area contributed by atoms with Crippen LogP contribution in [0.2, 0.25) is 0 Å². The van der Waals surface area contributed by atoms with E-state index in [4.69, 9.17) is 9.47 Å². The molecular formula is C27H29N3O4. The van der Waals surface area contributed by atoms with Crippen LogP contribution in [-0.2, 0) is 9.53 Å². The molecule has 1 aliphatic rings. The topological polar surface area (TPSA) is 88.7 Å². The zero-order valence-electron chi connectivity index (χ0n) is 19.2. The smallest absolute Gasteiger partial charge is 0.255 e. The maximum absolute atomic E-state index is 12.4. The second-order valence-electron chi connectivity index (χ2n) is 8.24. The van der Waals surface area contributed by atoms with Crippen molar-refractivity contribution in [3.8, 4) is 5.75 Å².